The Morgan fingerprint density at radius 1 is 1.53 bits per heavy atom. The summed E-state index contributed by atoms with van der Waals surface area (Å²) < 4.78 is 0. The molecule has 0 N–H and O–H groups in total. The zero-order valence-corrected chi connectivity index (χ0v) is 9.06. The van der Waals surface area contributed by atoms with Gasteiger partial charge in [0.2, 0.25) is 0 Å². The number of nitriles is 1. The van der Waals surface area contributed by atoms with E-state index in [-0.39, 0.29) is 11.9 Å². The number of amides is 1. The van der Waals surface area contributed by atoms with Crippen molar-refractivity contribution in [1.29, 1.82) is 5.26 Å². The Balaban J connectivity index is 2.97. The summed E-state index contributed by atoms with van der Waals surface area (Å²) in [5, 5.41) is 8.68. The molecule has 0 unspecified atom stereocenters. The van der Waals surface area contributed by atoms with Crippen LogP contribution in [0.25, 0.3) is 0 Å². The molecule has 0 aliphatic heterocycles. The van der Waals surface area contributed by atoms with Crippen LogP contribution in [0.5, 0.6) is 0 Å². The largest absolute Gasteiger partial charge is 0.339 e. The van der Waals surface area contributed by atoms with Crippen molar-refractivity contribution >= 4 is 5.91 Å². The first-order chi connectivity index (χ1) is 7.06. The normalized spacial score (nSPS) is 9.80. The minimum absolute atomic E-state index is 0.116. The molecular formula is C11H13N3O. The van der Waals surface area contributed by atoms with Crippen molar-refractivity contribution in [2.24, 2.45) is 0 Å². The monoisotopic (exact) mass is 203 g/mol. The van der Waals surface area contributed by atoms with Gasteiger partial charge in [-0.3, -0.25) is 9.78 Å². The molecule has 1 rings (SSSR count). The summed E-state index contributed by atoms with van der Waals surface area (Å²) >= 11 is 0. The van der Waals surface area contributed by atoms with E-state index in [2.05, 4.69) is 4.98 Å². The average molecular weight is 203 g/mol. The Kier molecular flexibility index (Phi) is 3.40. The molecule has 0 aliphatic rings. The van der Waals surface area contributed by atoms with E-state index in [4.69, 9.17) is 5.26 Å². The van der Waals surface area contributed by atoms with Crippen LogP contribution in [0, 0.1) is 11.3 Å². The number of pyridine rings is 1. The minimum atomic E-state index is -0.116. The molecule has 4 heteroatoms. The van der Waals surface area contributed by atoms with Gasteiger partial charge in [0.05, 0.1) is 11.1 Å². The van der Waals surface area contributed by atoms with E-state index in [1.165, 1.54) is 12.4 Å². The molecule has 0 atom stereocenters. The van der Waals surface area contributed by atoms with Gasteiger partial charge in [-0.2, -0.15) is 5.26 Å². The zero-order chi connectivity index (χ0) is 11.4. The number of hydrogen-bond acceptors (Lipinski definition) is 3. The van der Waals surface area contributed by atoms with Gasteiger partial charge >= 0.3 is 0 Å². The highest BCUT2D eigenvalue weighted by molar-refractivity contribution is 5.94. The van der Waals surface area contributed by atoms with Gasteiger partial charge in [0.1, 0.15) is 6.07 Å². The fraction of sp³-hybridized carbons (Fsp3) is 0.364. The fourth-order valence-corrected chi connectivity index (χ4v) is 1.06. The third-order valence-corrected chi connectivity index (χ3v) is 2.21. The third-order valence-electron chi connectivity index (χ3n) is 2.21. The first-order valence-corrected chi connectivity index (χ1v) is 4.68. The zero-order valence-electron chi connectivity index (χ0n) is 9.06. The maximum Gasteiger partial charge on any atom is 0.255 e. The number of carbonyl (C=O) groups excluding carboxylic acids is 1. The summed E-state index contributed by atoms with van der Waals surface area (Å²) in [7, 11) is 1.73. The lowest BCUT2D eigenvalue weighted by molar-refractivity contribution is 0.0754. The smallest absolute Gasteiger partial charge is 0.255 e. The highest BCUT2D eigenvalue weighted by Gasteiger charge is 2.14. The molecule has 4 nitrogen and oxygen atoms in total. The number of nitrogens with zero attached hydrogens (tertiary/aromatic N) is 3. The molecule has 1 aromatic heterocycles. The van der Waals surface area contributed by atoms with Gasteiger partial charge in [-0.15, -0.1) is 0 Å². The summed E-state index contributed by atoms with van der Waals surface area (Å²) in [6.45, 7) is 3.86. The maximum absolute atomic E-state index is 11.8. The molecule has 78 valence electrons. The Bertz CT molecular complexity index is 407. The summed E-state index contributed by atoms with van der Waals surface area (Å²) in [6.07, 6.45) is 2.91. The molecule has 0 aromatic carbocycles. The molecular weight excluding hydrogens is 190 g/mol. The quantitative estimate of drug-likeness (QED) is 0.730. The number of aromatic nitrogens is 1. The van der Waals surface area contributed by atoms with Crippen molar-refractivity contribution in [3.05, 3.63) is 29.6 Å². The van der Waals surface area contributed by atoms with E-state index >= 15 is 0 Å². The van der Waals surface area contributed by atoms with Crippen LogP contribution in [0.2, 0.25) is 0 Å². The molecule has 0 radical (unpaired) electrons. The minimum Gasteiger partial charge on any atom is -0.339 e. The second-order valence-electron chi connectivity index (χ2n) is 3.58. The van der Waals surface area contributed by atoms with Crippen LogP contribution in [0.3, 0.4) is 0 Å². The summed E-state index contributed by atoms with van der Waals surface area (Å²) in [5.74, 6) is -0.116. The lowest BCUT2D eigenvalue weighted by atomic mass is 10.2. The SMILES string of the molecule is CC(C)N(C)C(=O)c1cncc(C#N)c1. The molecule has 0 fully saturated rings. The molecule has 0 saturated carbocycles. The van der Waals surface area contributed by atoms with Gasteiger partial charge in [0.15, 0.2) is 0 Å². The molecule has 15 heavy (non-hydrogen) atoms. The van der Waals surface area contributed by atoms with Crippen LogP contribution in [-0.4, -0.2) is 28.9 Å². The van der Waals surface area contributed by atoms with Crippen molar-refractivity contribution in [3.8, 4) is 6.07 Å². The highest BCUT2D eigenvalue weighted by Crippen LogP contribution is 2.07. The second kappa shape index (κ2) is 4.56. The van der Waals surface area contributed by atoms with Crippen LogP contribution in [0.1, 0.15) is 29.8 Å². The predicted molar refractivity (Wildman–Crippen MR) is 56.2 cm³/mol. The van der Waals surface area contributed by atoms with Crippen molar-refractivity contribution in [2.45, 2.75) is 19.9 Å². The van der Waals surface area contributed by atoms with Gasteiger partial charge in [-0.05, 0) is 19.9 Å². The van der Waals surface area contributed by atoms with Crippen molar-refractivity contribution in [1.82, 2.24) is 9.88 Å². The summed E-state index contributed by atoms with van der Waals surface area (Å²) in [6, 6.07) is 3.63. The van der Waals surface area contributed by atoms with E-state index in [0.717, 1.165) is 0 Å². The van der Waals surface area contributed by atoms with Crippen LogP contribution < -0.4 is 0 Å². The number of carbonyl (C=O) groups is 1. The Labute approximate surface area is 89.2 Å². The lowest BCUT2D eigenvalue weighted by Crippen LogP contribution is -2.33. The summed E-state index contributed by atoms with van der Waals surface area (Å²) in [5.41, 5.74) is 0.850. The Hall–Kier alpha value is -1.89. The predicted octanol–water partition coefficient (Wildman–Crippen LogP) is 1.43. The molecule has 0 spiro atoms. The van der Waals surface area contributed by atoms with Crippen LogP contribution in [0.4, 0.5) is 0 Å². The highest BCUT2D eigenvalue weighted by atomic mass is 16.2. The third kappa shape index (κ3) is 2.53. The molecule has 1 aromatic rings. The van der Waals surface area contributed by atoms with Crippen molar-refractivity contribution in [3.63, 3.8) is 0 Å². The Morgan fingerprint density at radius 3 is 2.73 bits per heavy atom. The first-order valence-electron chi connectivity index (χ1n) is 4.68. The van der Waals surface area contributed by atoms with E-state index in [9.17, 15) is 4.79 Å². The summed E-state index contributed by atoms with van der Waals surface area (Å²) in [4.78, 5) is 17.3. The topological polar surface area (TPSA) is 57.0 Å². The Morgan fingerprint density at radius 2 is 2.20 bits per heavy atom. The molecule has 0 aliphatic carbocycles. The van der Waals surface area contributed by atoms with Gasteiger partial charge in [-0.25, -0.2) is 0 Å². The number of hydrogen-bond donors (Lipinski definition) is 0. The van der Waals surface area contributed by atoms with Crippen LogP contribution >= 0.6 is 0 Å². The molecule has 0 saturated heterocycles. The van der Waals surface area contributed by atoms with E-state index in [1.54, 1.807) is 18.0 Å². The second-order valence-corrected chi connectivity index (χ2v) is 3.58. The van der Waals surface area contributed by atoms with E-state index in [1.807, 2.05) is 19.9 Å². The molecule has 0 bridgehead atoms. The van der Waals surface area contributed by atoms with Gasteiger partial charge in [0.25, 0.3) is 5.91 Å². The molecule has 1 amide bonds. The number of rotatable bonds is 2. The average Bonchev–Trinajstić information content (AvgIpc) is 2.27. The fourth-order valence-electron chi connectivity index (χ4n) is 1.06. The molecule has 1 heterocycles. The van der Waals surface area contributed by atoms with Gasteiger partial charge in [-0.1, -0.05) is 0 Å². The lowest BCUT2D eigenvalue weighted by Gasteiger charge is -2.21. The van der Waals surface area contributed by atoms with E-state index < -0.39 is 0 Å². The van der Waals surface area contributed by atoms with E-state index in [0.29, 0.717) is 11.1 Å². The van der Waals surface area contributed by atoms with Gasteiger partial charge in [0, 0.05) is 25.5 Å². The van der Waals surface area contributed by atoms with Gasteiger partial charge < -0.3 is 4.90 Å². The van der Waals surface area contributed by atoms with Crippen LogP contribution in [0.15, 0.2) is 18.5 Å². The van der Waals surface area contributed by atoms with Crippen molar-refractivity contribution in [2.75, 3.05) is 7.05 Å². The first kappa shape index (κ1) is 11.2. The standard InChI is InChI=1S/C11H13N3O/c1-8(2)14(3)11(15)10-4-9(5-12)6-13-7-10/h4,6-8H,1-3H3. The maximum atomic E-state index is 11.8. The van der Waals surface area contributed by atoms with Crippen LogP contribution in [-0.2, 0) is 0 Å². The van der Waals surface area contributed by atoms with Crippen molar-refractivity contribution < 1.29 is 4.79 Å².